The Morgan fingerprint density at radius 2 is 2.56 bits per heavy atom. The van der Waals surface area contributed by atoms with E-state index in [2.05, 4.69) is 0 Å². The monoisotopic (exact) mass is 141 g/mol. The van der Waals surface area contributed by atoms with Gasteiger partial charge in [-0.05, 0) is 23.2 Å². The smallest absolute Gasteiger partial charge is 0.155 e. The van der Waals surface area contributed by atoms with E-state index >= 15 is 0 Å². The number of rotatable bonds is 3. The molecule has 0 aromatic rings. The standard InChI is InChI=1S/C6H7NOS/c1-2-6(8)3-4-9-5-7/h3-4H,2H2,1H3. The molecule has 0 spiro atoms. The van der Waals surface area contributed by atoms with Crippen molar-refractivity contribution in [1.82, 2.24) is 0 Å². The fraction of sp³-hybridized carbons (Fsp3) is 0.333. The van der Waals surface area contributed by atoms with Crippen LogP contribution >= 0.6 is 11.8 Å². The van der Waals surface area contributed by atoms with E-state index in [0.717, 1.165) is 11.8 Å². The molecule has 0 bridgehead atoms. The van der Waals surface area contributed by atoms with Gasteiger partial charge < -0.3 is 0 Å². The summed E-state index contributed by atoms with van der Waals surface area (Å²) in [6, 6.07) is 0. The normalized spacial score (nSPS) is 9.33. The first-order valence-corrected chi connectivity index (χ1v) is 3.43. The van der Waals surface area contributed by atoms with Crippen molar-refractivity contribution in [2.75, 3.05) is 0 Å². The van der Waals surface area contributed by atoms with Gasteiger partial charge in [-0.3, -0.25) is 4.79 Å². The molecule has 0 amide bonds. The zero-order chi connectivity index (χ0) is 7.11. The zero-order valence-electron chi connectivity index (χ0n) is 5.13. The van der Waals surface area contributed by atoms with Crippen molar-refractivity contribution in [3.8, 4) is 5.40 Å². The van der Waals surface area contributed by atoms with E-state index in [4.69, 9.17) is 5.26 Å². The van der Waals surface area contributed by atoms with Crippen LogP contribution in [0.1, 0.15) is 13.3 Å². The van der Waals surface area contributed by atoms with E-state index in [1.807, 2.05) is 5.40 Å². The van der Waals surface area contributed by atoms with Crippen molar-refractivity contribution in [2.24, 2.45) is 0 Å². The minimum absolute atomic E-state index is 0.0535. The number of thiocyanates is 1. The summed E-state index contributed by atoms with van der Waals surface area (Å²) in [5, 5.41) is 11.3. The summed E-state index contributed by atoms with van der Waals surface area (Å²) in [6.07, 6.45) is 1.91. The number of allylic oxidation sites excluding steroid dienone is 1. The maximum absolute atomic E-state index is 10.5. The van der Waals surface area contributed by atoms with Crippen LogP contribution in [0, 0.1) is 10.7 Å². The molecule has 0 aliphatic carbocycles. The second-order valence-electron chi connectivity index (χ2n) is 1.33. The molecule has 0 heterocycles. The molecular formula is C6H7NOS. The molecule has 2 nitrogen and oxygen atoms in total. The van der Waals surface area contributed by atoms with Gasteiger partial charge >= 0.3 is 0 Å². The molecule has 0 saturated carbocycles. The zero-order valence-corrected chi connectivity index (χ0v) is 5.94. The Kier molecular flexibility index (Phi) is 4.94. The van der Waals surface area contributed by atoms with Crippen molar-refractivity contribution in [2.45, 2.75) is 13.3 Å². The Morgan fingerprint density at radius 3 is 3.00 bits per heavy atom. The van der Waals surface area contributed by atoms with Crippen LogP contribution in [0.5, 0.6) is 0 Å². The average Bonchev–Trinajstić information content (AvgIpc) is 1.89. The van der Waals surface area contributed by atoms with Crippen molar-refractivity contribution in [1.29, 1.82) is 5.26 Å². The molecule has 0 saturated heterocycles. The van der Waals surface area contributed by atoms with Crippen molar-refractivity contribution in [3.05, 3.63) is 11.5 Å². The molecule has 0 fully saturated rings. The Hall–Kier alpha value is -0.750. The quantitative estimate of drug-likeness (QED) is 0.443. The predicted octanol–water partition coefficient (Wildman–Crippen LogP) is 1.69. The topological polar surface area (TPSA) is 40.9 Å². The number of nitriles is 1. The van der Waals surface area contributed by atoms with Crippen LogP contribution in [0.2, 0.25) is 0 Å². The number of hydrogen-bond donors (Lipinski definition) is 0. The van der Waals surface area contributed by atoms with E-state index in [0.29, 0.717) is 6.42 Å². The molecule has 3 heteroatoms. The highest BCUT2D eigenvalue weighted by Gasteiger charge is 1.86. The van der Waals surface area contributed by atoms with Gasteiger partial charge in [0.1, 0.15) is 5.40 Å². The summed E-state index contributed by atoms with van der Waals surface area (Å²) in [6.45, 7) is 1.78. The largest absolute Gasteiger partial charge is 0.295 e. The lowest BCUT2D eigenvalue weighted by molar-refractivity contribution is -0.114. The fourth-order valence-corrected chi connectivity index (χ4v) is 0.539. The number of hydrogen-bond acceptors (Lipinski definition) is 3. The number of carbonyl (C=O) groups excluding carboxylic acids is 1. The molecule has 0 atom stereocenters. The highest BCUT2D eigenvalue weighted by Crippen LogP contribution is 1.97. The Morgan fingerprint density at radius 1 is 1.89 bits per heavy atom. The van der Waals surface area contributed by atoms with Crippen LogP contribution in [-0.4, -0.2) is 5.78 Å². The first-order chi connectivity index (χ1) is 4.31. The van der Waals surface area contributed by atoms with Crippen LogP contribution in [0.3, 0.4) is 0 Å². The SMILES string of the molecule is CCC(=O)C=CSC#N. The molecule has 0 aromatic heterocycles. The number of nitrogens with zero attached hydrogens (tertiary/aromatic N) is 1. The van der Waals surface area contributed by atoms with E-state index in [-0.39, 0.29) is 5.78 Å². The summed E-state index contributed by atoms with van der Waals surface area (Å²) in [5.74, 6) is 0.0535. The molecule has 0 aliphatic heterocycles. The van der Waals surface area contributed by atoms with Crippen molar-refractivity contribution < 1.29 is 4.79 Å². The van der Waals surface area contributed by atoms with Gasteiger partial charge in [-0.1, -0.05) is 6.92 Å². The maximum Gasteiger partial charge on any atom is 0.155 e. The van der Waals surface area contributed by atoms with Crippen molar-refractivity contribution >= 4 is 17.5 Å². The Labute approximate surface area is 58.6 Å². The summed E-state index contributed by atoms with van der Waals surface area (Å²) in [7, 11) is 0. The minimum atomic E-state index is 0.0535. The summed E-state index contributed by atoms with van der Waals surface area (Å²) < 4.78 is 0. The molecular weight excluding hydrogens is 134 g/mol. The molecule has 0 N–H and O–H groups in total. The second-order valence-corrected chi connectivity index (χ2v) is 2.02. The van der Waals surface area contributed by atoms with Crippen LogP contribution < -0.4 is 0 Å². The van der Waals surface area contributed by atoms with Gasteiger partial charge in [-0.25, -0.2) is 0 Å². The first-order valence-electron chi connectivity index (χ1n) is 2.55. The molecule has 0 radical (unpaired) electrons. The van der Waals surface area contributed by atoms with E-state index in [1.54, 1.807) is 6.92 Å². The van der Waals surface area contributed by atoms with Gasteiger partial charge in [0.25, 0.3) is 0 Å². The molecule has 0 aliphatic rings. The fourth-order valence-electron chi connectivity index (χ4n) is 0.258. The van der Waals surface area contributed by atoms with Crippen LogP contribution in [0.25, 0.3) is 0 Å². The highest BCUT2D eigenvalue weighted by atomic mass is 32.2. The number of thioether (sulfide) groups is 1. The van der Waals surface area contributed by atoms with E-state index < -0.39 is 0 Å². The third kappa shape index (κ3) is 5.12. The van der Waals surface area contributed by atoms with Gasteiger partial charge in [-0.15, -0.1) is 0 Å². The third-order valence-electron chi connectivity index (χ3n) is 0.723. The first kappa shape index (κ1) is 8.25. The van der Waals surface area contributed by atoms with Crippen LogP contribution in [0.4, 0.5) is 0 Å². The number of carbonyl (C=O) groups is 1. The third-order valence-corrected chi connectivity index (χ3v) is 1.10. The van der Waals surface area contributed by atoms with Crippen LogP contribution in [0.15, 0.2) is 11.5 Å². The lowest BCUT2D eigenvalue weighted by Crippen LogP contribution is -1.85. The van der Waals surface area contributed by atoms with Gasteiger partial charge in [-0.2, -0.15) is 5.26 Å². The van der Waals surface area contributed by atoms with Gasteiger partial charge in [0, 0.05) is 6.42 Å². The Bertz CT molecular complexity index is 157. The van der Waals surface area contributed by atoms with Gasteiger partial charge in [0.15, 0.2) is 5.78 Å². The van der Waals surface area contributed by atoms with E-state index in [9.17, 15) is 4.79 Å². The lowest BCUT2D eigenvalue weighted by Gasteiger charge is -1.79. The van der Waals surface area contributed by atoms with Gasteiger partial charge in [0.05, 0.1) is 0 Å². The van der Waals surface area contributed by atoms with Gasteiger partial charge in [0.2, 0.25) is 0 Å². The summed E-state index contributed by atoms with van der Waals surface area (Å²) in [5.41, 5.74) is 0. The molecule has 9 heavy (non-hydrogen) atoms. The highest BCUT2D eigenvalue weighted by molar-refractivity contribution is 8.06. The minimum Gasteiger partial charge on any atom is -0.295 e. The van der Waals surface area contributed by atoms with E-state index in [1.165, 1.54) is 11.5 Å². The molecule has 0 rings (SSSR count). The van der Waals surface area contributed by atoms with Crippen molar-refractivity contribution in [3.63, 3.8) is 0 Å². The summed E-state index contributed by atoms with van der Waals surface area (Å²) in [4.78, 5) is 10.5. The predicted molar refractivity (Wildman–Crippen MR) is 37.6 cm³/mol. The average molecular weight is 141 g/mol. The lowest BCUT2D eigenvalue weighted by atomic mass is 10.3. The second kappa shape index (κ2) is 5.39. The molecule has 48 valence electrons. The molecule has 0 aromatic carbocycles. The van der Waals surface area contributed by atoms with Crippen LogP contribution in [-0.2, 0) is 4.79 Å². The Balaban J connectivity index is 3.47. The maximum atomic E-state index is 10.5. The number of ketones is 1. The summed E-state index contributed by atoms with van der Waals surface area (Å²) >= 11 is 0.956. The molecule has 0 unspecified atom stereocenters.